The first kappa shape index (κ1) is 17.6. The Morgan fingerprint density at radius 3 is 2.76 bits per heavy atom. The number of aromatic nitrogens is 1. The van der Waals surface area contributed by atoms with Crippen LogP contribution in [-0.2, 0) is 5.75 Å². The molecule has 4 heteroatoms. The first-order valence-corrected chi connectivity index (χ1v) is 9.60. The summed E-state index contributed by atoms with van der Waals surface area (Å²) in [6.45, 7) is 4.97. The number of para-hydroxylation sites is 1. The van der Waals surface area contributed by atoms with Crippen molar-refractivity contribution in [2.75, 3.05) is 6.61 Å². The lowest BCUT2D eigenvalue weighted by molar-refractivity contribution is 0.310. The number of fused-ring (bicyclic) bond motifs is 1. The SMILES string of the molecule is CCCCOc1c(C)c(CSc2cccc(O)c2)nc2ccccc12. The first-order chi connectivity index (χ1) is 12.2. The zero-order chi connectivity index (χ0) is 17.6. The van der Waals surface area contributed by atoms with Gasteiger partial charge in [-0.25, -0.2) is 0 Å². The zero-order valence-corrected chi connectivity index (χ0v) is 15.5. The minimum atomic E-state index is 0.289. The second kappa shape index (κ2) is 8.26. The monoisotopic (exact) mass is 353 g/mol. The van der Waals surface area contributed by atoms with Crippen LogP contribution in [0.25, 0.3) is 10.9 Å². The second-order valence-corrected chi connectivity index (χ2v) is 7.07. The predicted molar refractivity (Wildman–Crippen MR) is 105 cm³/mol. The molecule has 2 aromatic carbocycles. The Balaban J connectivity index is 1.90. The molecule has 0 aliphatic heterocycles. The highest BCUT2D eigenvalue weighted by Crippen LogP contribution is 2.34. The van der Waals surface area contributed by atoms with Crippen molar-refractivity contribution in [1.29, 1.82) is 0 Å². The molecule has 0 spiro atoms. The van der Waals surface area contributed by atoms with Crippen molar-refractivity contribution < 1.29 is 9.84 Å². The third-order valence-electron chi connectivity index (χ3n) is 4.12. The second-order valence-electron chi connectivity index (χ2n) is 6.02. The van der Waals surface area contributed by atoms with E-state index in [1.807, 2.05) is 30.3 Å². The molecule has 3 nitrogen and oxygen atoms in total. The molecule has 0 saturated carbocycles. The molecular formula is C21H23NO2S. The number of phenolic OH excluding ortho intramolecular Hbond substituents is 1. The standard InChI is InChI=1S/C21H23NO2S/c1-3-4-12-24-21-15(2)20(22-19-11-6-5-10-18(19)21)14-25-17-9-7-8-16(23)13-17/h5-11,13,23H,3-4,12,14H2,1-2H3. The van der Waals surface area contributed by atoms with Gasteiger partial charge >= 0.3 is 0 Å². The summed E-state index contributed by atoms with van der Waals surface area (Å²) in [7, 11) is 0. The largest absolute Gasteiger partial charge is 0.508 e. The van der Waals surface area contributed by atoms with Crippen molar-refractivity contribution in [3.63, 3.8) is 0 Å². The maximum atomic E-state index is 9.62. The summed E-state index contributed by atoms with van der Waals surface area (Å²) in [6, 6.07) is 15.5. The molecule has 0 atom stereocenters. The van der Waals surface area contributed by atoms with Crippen molar-refractivity contribution >= 4 is 22.7 Å². The molecule has 0 saturated heterocycles. The molecule has 0 aliphatic rings. The Morgan fingerprint density at radius 1 is 1.12 bits per heavy atom. The van der Waals surface area contributed by atoms with E-state index in [4.69, 9.17) is 9.72 Å². The number of benzene rings is 2. The molecule has 0 amide bonds. The normalized spacial score (nSPS) is 11.0. The zero-order valence-electron chi connectivity index (χ0n) is 14.7. The molecule has 1 N–H and O–H groups in total. The van der Waals surface area contributed by atoms with Crippen LogP contribution in [0.3, 0.4) is 0 Å². The van der Waals surface area contributed by atoms with Gasteiger partial charge in [-0.05, 0) is 43.7 Å². The molecular weight excluding hydrogens is 330 g/mol. The van der Waals surface area contributed by atoms with E-state index >= 15 is 0 Å². The lowest BCUT2D eigenvalue weighted by Crippen LogP contribution is -2.03. The number of pyridine rings is 1. The number of phenols is 1. The number of rotatable bonds is 7. The van der Waals surface area contributed by atoms with E-state index in [2.05, 4.69) is 19.9 Å². The summed E-state index contributed by atoms with van der Waals surface area (Å²) < 4.78 is 6.11. The summed E-state index contributed by atoms with van der Waals surface area (Å²) in [4.78, 5) is 5.87. The van der Waals surface area contributed by atoms with Crippen LogP contribution in [0.4, 0.5) is 0 Å². The molecule has 0 unspecified atom stereocenters. The van der Waals surface area contributed by atoms with Gasteiger partial charge in [0.15, 0.2) is 0 Å². The highest BCUT2D eigenvalue weighted by Gasteiger charge is 2.13. The smallest absolute Gasteiger partial charge is 0.133 e. The molecule has 0 radical (unpaired) electrons. The molecule has 0 fully saturated rings. The topological polar surface area (TPSA) is 42.4 Å². The number of hydrogen-bond acceptors (Lipinski definition) is 4. The maximum Gasteiger partial charge on any atom is 0.133 e. The van der Waals surface area contributed by atoms with E-state index in [9.17, 15) is 5.11 Å². The van der Waals surface area contributed by atoms with Gasteiger partial charge in [-0.2, -0.15) is 0 Å². The van der Waals surface area contributed by atoms with Crippen LogP contribution in [-0.4, -0.2) is 16.7 Å². The van der Waals surface area contributed by atoms with Crippen molar-refractivity contribution in [2.45, 2.75) is 37.3 Å². The van der Waals surface area contributed by atoms with E-state index < -0.39 is 0 Å². The van der Waals surface area contributed by atoms with E-state index in [1.54, 1.807) is 23.9 Å². The Kier molecular flexibility index (Phi) is 5.82. The highest BCUT2D eigenvalue weighted by molar-refractivity contribution is 7.98. The summed E-state index contributed by atoms with van der Waals surface area (Å²) in [5.41, 5.74) is 3.09. The third-order valence-corrected chi connectivity index (χ3v) is 5.12. The number of ether oxygens (including phenoxy) is 1. The molecule has 0 bridgehead atoms. The fraction of sp³-hybridized carbons (Fsp3) is 0.286. The van der Waals surface area contributed by atoms with E-state index in [1.165, 1.54) is 0 Å². The fourth-order valence-corrected chi connectivity index (χ4v) is 3.66. The van der Waals surface area contributed by atoms with Crippen molar-refractivity contribution in [2.24, 2.45) is 0 Å². The van der Waals surface area contributed by atoms with Crippen LogP contribution < -0.4 is 4.74 Å². The number of aromatic hydroxyl groups is 1. The van der Waals surface area contributed by atoms with E-state index in [0.717, 1.165) is 58.0 Å². The Morgan fingerprint density at radius 2 is 1.96 bits per heavy atom. The van der Waals surface area contributed by atoms with Gasteiger partial charge in [0.25, 0.3) is 0 Å². The first-order valence-electron chi connectivity index (χ1n) is 8.62. The number of nitrogens with zero attached hydrogens (tertiary/aromatic N) is 1. The Hall–Kier alpha value is -2.20. The fourth-order valence-electron chi connectivity index (χ4n) is 2.70. The quantitative estimate of drug-likeness (QED) is 0.436. The maximum absolute atomic E-state index is 9.62. The van der Waals surface area contributed by atoms with Gasteiger partial charge in [0.1, 0.15) is 11.5 Å². The van der Waals surface area contributed by atoms with Gasteiger partial charge in [0.2, 0.25) is 0 Å². The van der Waals surface area contributed by atoms with Gasteiger partial charge in [0.05, 0.1) is 17.8 Å². The van der Waals surface area contributed by atoms with Crippen LogP contribution in [0.2, 0.25) is 0 Å². The highest BCUT2D eigenvalue weighted by atomic mass is 32.2. The molecule has 3 rings (SSSR count). The molecule has 3 aromatic rings. The van der Waals surface area contributed by atoms with Gasteiger partial charge < -0.3 is 9.84 Å². The molecule has 25 heavy (non-hydrogen) atoms. The average molecular weight is 353 g/mol. The van der Waals surface area contributed by atoms with E-state index in [0.29, 0.717) is 0 Å². The van der Waals surface area contributed by atoms with Crippen LogP contribution in [0, 0.1) is 6.92 Å². The van der Waals surface area contributed by atoms with Crippen LogP contribution >= 0.6 is 11.8 Å². The summed E-state index contributed by atoms with van der Waals surface area (Å²) >= 11 is 1.67. The lowest BCUT2D eigenvalue weighted by atomic mass is 10.1. The summed E-state index contributed by atoms with van der Waals surface area (Å²) in [5, 5.41) is 10.7. The van der Waals surface area contributed by atoms with Gasteiger partial charge in [-0.15, -0.1) is 11.8 Å². The van der Waals surface area contributed by atoms with Crippen LogP contribution in [0.15, 0.2) is 53.4 Å². The van der Waals surface area contributed by atoms with Crippen LogP contribution in [0.1, 0.15) is 31.0 Å². The van der Waals surface area contributed by atoms with Gasteiger partial charge in [-0.3, -0.25) is 4.98 Å². The Labute approximate surface area is 153 Å². The number of thioether (sulfide) groups is 1. The predicted octanol–water partition coefficient (Wildman–Crippen LogP) is 5.72. The van der Waals surface area contributed by atoms with Crippen molar-refractivity contribution in [3.8, 4) is 11.5 Å². The minimum absolute atomic E-state index is 0.289. The molecule has 0 aliphatic carbocycles. The Bertz CT molecular complexity index is 864. The minimum Gasteiger partial charge on any atom is -0.508 e. The van der Waals surface area contributed by atoms with E-state index in [-0.39, 0.29) is 5.75 Å². The summed E-state index contributed by atoms with van der Waals surface area (Å²) in [6.07, 6.45) is 2.16. The van der Waals surface area contributed by atoms with Crippen molar-refractivity contribution in [3.05, 3.63) is 59.8 Å². The number of hydrogen-bond donors (Lipinski definition) is 1. The molecule has 130 valence electrons. The van der Waals surface area contributed by atoms with Crippen LogP contribution in [0.5, 0.6) is 11.5 Å². The third kappa shape index (κ3) is 4.26. The van der Waals surface area contributed by atoms with Crippen molar-refractivity contribution in [1.82, 2.24) is 4.98 Å². The van der Waals surface area contributed by atoms with Gasteiger partial charge in [0, 0.05) is 21.6 Å². The molecule has 1 heterocycles. The molecule has 1 aromatic heterocycles. The average Bonchev–Trinajstić information content (AvgIpc) is 2.62. The summed E-state index contributed by atoms with van der Waals surface area (Å²) in [5.74, 6) is 1.98. The lowest BCUT2D eigenvalue weighted by Gasteiger charge is -2.15. The number of unbranched alkanes of at least 4 members (excludes halogenated alkanes) is 1. The van der Waals surface area contributed by atoms with Gasteiger partial charge in [-0.1, -0.05) is 31.5 Å².